The van der Waals surface area contributed by atoms with Gasteiger partial charge in [0.25, 0.3) is 0 Å². The van der Waals surface area contributed by atoms with Crippen molar-refractivity contribution in [1.29, 1.82) is 0 Å². The summed E-state index contributed by atoms with van der Waals surface area (Å²) in [5, 5.41) is 1.09. The highest BCUT2D eigenvalue weighted by molar-refractivity contribution is 6.42. The molecule has 5 heteroatoms. The van der Waals surface area contributed by atoms with Gasteiger partial charge in [0.1, 0.15) is 0 Å². The van der Waals surface area contributed by atoms with Gasteiger partial charge in [0.05, 0.1) is 28.4 Å². The van der Waals surface area contributed by atoms with Gasteiger partial charge in [0.15, 0.2) is 0 Å². The summed E-state index contributed by atoms with van der Waals surface area (Å²) < 4.78 is 4.82. The van der Waals surface area contributed by atoms with Gasteiger partial charge >= 0.3 is 5.97 Å². The maximum absolute atomic E-state index is 11.8. The van der Waals surface area contributed by atoms with Crippen molar-refractivity contribution in [2.75, 3.05) is 7.11 Å². The van der Waals surface area contributed by atoms with E-state index in [1.165, 1.54) is 12.7 Å². The van der Waals surface area contributed by atoms with Crippen LogP contribution in [0.4, 0.5) is 0 Å². The lowest BCUT2D eigenvalue weighted by Crippen LogP contribution is -2.06. The Labute approximate surface area is 138 Å². The van der Waals surface area contributed by atoms with Gasteiger partial charge in [0, 0.05) is 6.20 Å². The minimum Gasteiger partial charge on any atom is -0.465 e. The lowest BCUT2D eigenvalue weighted by molar-refractivity contribution is 0.0599. The highest BCUT2D eigenvalue weighted by Crippen LogP contribution is 2.30. The van der Waals surface area contributed by atoms with Gasteiger partial charge in [-0.25, -0.2) is 4.79 Å². The summed E-state index contributed by atoms with van der Waals surface area (Å²) >= 11 is 12.0. The molecule has 0 radical (unpaired) electrons. The number of methoxy groups -OCH3 is 1. The van der Waals surface area contributed by atoms with Gasteiger partial charge < -0.3 is 4.74 Å². The fraction of sp³-hybridized carbons (Fsp3) is 0.176. The standard InChI is InChI=1S/C17H13Cl2NO2/c1-22-17(21)12-4-5-20-16-9-11(7-13(12)16)6-10-2-3-14(18)15(19)8-10/h2-5,8-9H,6-7H2,1H3. The molecule has 3 rings (SSSR count). The summed E-state index contributed by atoms with van der Waals surface area (Å²) in [5.74, 6) is -0.331. The van der Waals surface area contributed by atoms with Crippen molar-refractivity contribution in [2.45, 2.75) is 12.8 Å². The molecule has 1 aliphatic carbocycles. The lowest BCUT2D eigenvalue weighted by Gasteiger charge is -2.07. The van der Waals surface area contributed by atoms with Crippen molar-refractivity contribution in [3.8, 4) is 0 Å². The van der Waals surface area contributed by atoms with E-state index in [4.69, 9.17) is 27.9 Å². The molecule has 2 aromatic rings. The quantitative estimate of drug-likeness (QED) is 0.783. The van der Waals surface area contributed by atoms with Crippen LogP contribution in [0.25, 0.3) is 6.08 Å². The average Bonchev–Trinajstić information content (AvgIpc) is 2.92. The number of rotatable bonds is 3. The Bertz CT molecular complexity index is 784. The van der Waals surface area contributed by atoms with Gasteiger partial charge in [-0.3, -0.25) is 4.98 Å². The molecule has 0 spiro atoms. The first-order valence-electron chi connectivity index (χ1n) is 6.78. The second kappa shape index (κ2) is 6.11. The number of benzene rings is 1. The zero-order valence-electron chi connectivity index (χ0n) is 11.9. The van der Waals surface area contributed by atoms with E-state index in [0.717, 1.165) is 23.2 Å². The molecule has 0 bridgehead atoms. The smallest absolute Gasteiger partial charge is 0.338 e. The number of hydrogen-bond acceptors (Lipinski definition) is 3. The van der Waals surface area contributed by atoms with Crippen LogP contribution < -0.4 is 0 Å². The molecule has 1 heterocycles. The highest BCUT2D eigenvalue weighted by Gasteiger charge is 2.21. The van der Waals surface area contributed by atoms with Crippen LogP contribution in [0.15, 0.2) is 36.0 Å². The summed E-state index contributed by atoms with van der Waals surface area (Å²) in [7, 11) is 1.38. The maximum Gasteiger partial charge on any atom is 0.338 e. The van der Waals surface area contributed by atoms with Crippen LogP contribution >= 0.6 is 23.2 Å². The first kappa shape index (κ1) is 15.1. The zero-order valence-corrected chi connectivity index (χ0v) is 13.4. The summed E-state index contributed by atoms with van der Waals surface area (Å²) in [6.07, 6.45) is 5.08. The zero-order chi connectivity index (χ0) is 15.7. The number of hydrogen-bond donors (Lipinski definition) is 0. The molecule has 0 unspecified atom stereocenters. The fourth-order valence-electron chi connectivity index (χ4n) is 2.62. The van der Waals surface area contributed by atoms with Crippen molar-refractivity contribution in [2.24, 2.45) is 0 Å². The number of halogens is 2. The Hall–Kier alpha value is -1.84. The molecule has 0 N–H and O–H groups in total. The largest absolute Gasteiger partial charge is 0.465 e. The van der Waals surface area contributed by atoms with Crippen molar-refractivity contribution >= 4 is 35.2 Å². The van der Waals surface area contributed by atoms with Crippen LogP contribution in [-0.2, 0) is 17.6 Å². The Morgan fingerprint density at radius 2 is 2.09 bits per heavy atom. The van der Waals surface area contributed by atoms with Crippen LogP contribution in [-0.4, -0.2) is 18.1 Å². The summed E-state index contributed by atoms with van der Waals surface area (Å²) in [6.45, 7) is 0. The minimum absolute atomic E-state index is 0.331. The summed E-state index contributed by atoms with van der Waals surface area (Å²) in [5.41, 5.74) is 4.58. The molecule has 1 aliphatic rings. The molecule has 1 aromatic heterocycles. The lowest BCUT2D eigenvalue weighted by atomic mass is 10.0. The number of carbonyl (C=O) groups is 1. The Balaban J connectivity index is 1.84. The molecule has 3 nitrogen and oxygen atoms in total. The van der Waals surface area contributed by atoms with Crippen molar-refractivity contribution in [3.05, 3.63) is 68.5 Å². The predicted octanol–water partition coefficient (Wildman–Crippen LogP) is 4.36. The molecule has 22 heavy (non-hydrogen) atoms. The number of pyridine rings is 1. The molecular weight excluding hydrogens is 321 g/mol. The van der Waals surface area contributed by atoms with E-state index in [1.54, 1.807) is 18.3 Å². The number of aromatic nitrogens is 1. The summed E-state index contributed by atoms with van der Waals surface area (Å²) in [4.78, 5) is 16.1. The van der Waals surface area contributed by atoms with Gasteiger partial charge in [-0.2, -0.15) is 0 Å². The van der Waals surface area contributed by atoms with E-state index >= 15 is 0 Å². The molecule has 0 saturated carbocycles. The fourth-order valence-corrected chi connectivity index (χ4v) is 2.94. The van der Waals surface area contributed by atoms with Crippen LogP contribution in [0, 0.1) is 0 Å². The number of ether oxygens (including phenoxy) is 1. The van der Waals surface area contributed by atoms with Crippen molar-refractivity contribution in [3.63, 3.8) is 0 Å². The van der Waals surface area contributed by atoms with Gasteiger partial charge in [-0.1, -0.05) is 34.8 Å². The number of nitrogens with zero attached hydrogens (tertiary/aromatic N) is 1. The third kappa shape index (κ3) is 2.87. The molecule has 0 amide bonds. The molecule has 112 valence electrons. The topological polar surface area (TPSA) is 39.2 Å². The van der Waals surface area contributed by atoms with Crippen LogP contribution in [0.3, 0.4) is 0 Å². The Morgan fingerprint density at radius 1 is 1.27 bits per heavy atom. The maximum atomic E-state index is 11.8. The minimum atomic E-state index is -0.331. The first-order valence-corrected chi connectivity index (χ1v) is 7.53. The van der Waals surface area contributed by atoms with E-state index in [2.05, 4.69) is 4.98 Å². The van der Waals surface area contributed by atoms with Crippen LogP contribution in [0.2, 0.25) is 10.0 Å². The number of allylic oxidation sites excluding steroid dienone is 1. The second-order valence-electron chi connectivity index (χ2n) is 5.12. The van der Waals surface area contributed by atoms with Crippen molar-refractivity contribution < 1.29 is 9.53 Å². The van der Waals surface area contributed by atoms with E-state index < -0.39 is 0 Å². The van der Waals surface area contributed by atoms with Crippen molar-refractivity contribution in [1.82, 2.24) is 4.98 Å². The van der Waals surface area contributed by atoms with E-state index in [-0.39, 0.29) is 5.97 Å². The van der Waals surface area contributed by atoms with E-state index in [9.17, 15) is 4.79 Å². The molecule has 0 saturated heterocycles. The monoisotopic (exact) mass is 333 g/mol. The van der Waals surface area contributed by atoms with Crippen LogP contribution in [0.5, 0.6) is 0 Å². The number of fused-ring (bicyclic) bond motifs is 1. The second-order valence-corrected chi connectivity index (χ2v) is 5.93. The Morgan fingerprint density at radius 3 is 2.82 bits per heavy atom. The van der Waals surface area contributed by atoms with Gasteiger partial charge in [-0.15, -0.1) is 0 Å². The van der Waals surface area contributed by atoms with Gasteiger partial charge in [-0.05, 0) is 48.2 Å². The van der Waals surface area contributed by atoms with Gasteiger partial charge in [0.2, 0.25) is 0 Å². The average molecular weight is 334 g/mol. The first-order chi connectivity index (χ1) is 10.6. The molecule has 1 aromatic carbocycles. The molecular formula is C17H13Cl2NO2. The van der Waals surface area contributed by atoms with Crippen LogP contribution in [0.1, 0.15) is 27.2 Å². The Kier molecular flexibility index (Phi) is 4.19. The SMILES string of the molecule is COC(=O)c1ccnc2c1CC(Cc1ccc(Cl)c(Cl)c1)=C2. The third-order valence-corrected chi connectivity index (χ3v) is 4.39. The third-order valence-electron chi connectivity index (χ3n) is 3.65. The van der Waals surface area contributed by atoms with E-state index in [1.807, 2.05) is 18.2 Å². The normalized spacial score (nSPS) is 12.8. The highest BCUT2D eigenvalue weighted by atomic mass is 35.5. The predicted molar refractivity (Wildman–Crippen MR) is 87.4 cm³/mol. The molecule has 0 atom stereocenters. The molecule has 0 fully saturated rings. The number of esters is 1. The van der Waals surface area contributed by atoms with E-state index in [0.29, 0.717) is 22.0 Å². The summed E-state index contributed by atoms with van der Waals surface area (Å²) in [6, 6.07) is 7.30. The molecule has 0 aliphatic heterocycles. The number of carbonyl (C=O) groups excluding carboxylic acids is 1.